The summed E-state index contributed by atoms with van der Waals surface area (Å²) in [5.74, 6) is 0. The fourth-order valence-electron chi connectivity index (χ4n) is 15.6. The average molecular weight is 1360 g/mol. The van der Waals surface area contributed by atoms with Gasteiger partial charge in [-0.15, -0.1) is 0 Å². The Bertz CT molecular complexity index is 4560. The van der Waals surface area contributed by atoms with Crippen LogP contribution in [0.4, 0.5) is 0 Å². The summed E-state index contributed by atoms with van der Waals surface area (Å²) in [7, 11) is 0. The summed E-state index contributed by atoms with van der Waals surface area (Å²) in [6, 6.07) is 0. The first kappa shape index (κ1) is 81.1. The number of benzene rings is 6. The van der Waals surface area contributed by atoms with Crippen LogP contribution in [0.2, 0.25) is 0 Å². The molecule has 102 heavy (non-hydrogen) atoms. The minimum absolute atomic E-state index is 1.15. The fraction of sp³-hybridized carbons (Fsp3) is 0.438. The van der Waals surface area contributed by atoms with E-state index in [-0.39, 0.29) is 0 Å². The Morgan fingerprint density at radius 2 is 0.167 bits per heavy atom. The normalized spacial score (nSPS) is 11.2. The lowest BCUT2D eigenvalue weighted by molar-refractivity contribution is 1.14. The van der Waals surface area contributed by atoms with E-state index >= 15 is 0 Å². The van der Waals surface area contributed by atoms with Gasteiger partial charge in [0.25, 0.3) is 0 Å². The minimum Gasteiger partial charge on any atom is -0.253 e. The van der Waals surface area contributed by atoms with Crippen LogP contribution in [0, 0.1) is 291 Å². The van der Waals surface area contributed by atoms with Gasteiger partial charge < -0.3 is 0 Å². The van der Waals surface area contributed by atoms with Crippen LogP contribution >= 0.6 is 0 Å². The molecule has 0 radical (unpaired) electrons. The second kappa shape index (κ2) is 30.6. The van der Waals surface area contributed by atoms with Gasteiger partial charge in [0, 0.05) is 66.5 Å². The number of aryl methyl sites for hydroxylation is 24. The van der Waals surface area contributed by atoms with E-state index in [1.54, 1.807) is 0 Å². The van der Waals surface area contributed by atoms with Crippen LogP contribution in [0.1, 0.15) is 234 Å². The number of nitrogens with zero attached hydrogens (tertiary/aromatic N) is 6. The molecule has 0 N–H and O–H groups in total. The first-order chi connectivity index (χ1) is 47.1. The van der Waals surface area contributed by atoms with Crippen molar-refractivity contribution >= 4 is 65.4 Å². The summed E-state index contributed by atoms with van der Waals surface area (Å²) in [5, 5.41) is 8.13. The Morgan fingerprint density at radius 3 is 0.265 bits per heavy atom. The molecule has 540 valence electrons. The number of aromatic nitrogens is 6. The maximum absolute atomic E-state index is 4.80. The molecule has 0 aliphatic rings. The van der Waals surface area contributed by atoms with Gasteiger partial charge in [-0.25, -0.2) is 0 Å². The SMILES string of the molecule is Cc1nc2c(C)c(C)c(C)c(C)c2c(C)c1C.Cc1nc2c(C)c(C)c(C)c(C)c2c(C)c1C.Cc1nc2c(C)c(C)c(C)c(C)c2c(C)c1C.Cc1nc2c(C)c(C)c(C)c(C)c2c(C)c1C.Cc1nc2c(C)c(C)c(C)c(C)c2c(C)c1C.Cc1nc2c(C)c(C)c(C)c(C)c2c(C)c1C. The lowest BCUT2D eigenvalue weighted by Gasteiger charge is -2.17. The van der Waals surface area contributed by atoms with Gasteiger partial charge >= 0.3 is 0 Å². The van der Waals surface area contributed by atoms with E-state index < -0.39 is 0 Å². The van der Waals surface area contributed by atoms with Crippen LogP contribution in [0.5, 0.6) is 0 Å². The molecule has 6 heteroatoms. The van der Waals surface area contributed by atoms with Gasteiger partial charge in [0.1, 0.15) is 0 Å². The molecule has 0 saturated carbocycles. The summed E-state index contributed by atoms with van der Waals surface area (Å²) >= 11 is 0. The molecule has 0 amide bonds. The summed E-state index contributed by atoms with van der Waals surface area (Å²) in [6.07, 6.45) is 0. The quantitative estimate of drug-likeness (QED) is 0.151. The van der Waals surface area contributed by atoms with Crippen molar-refractivity contribution in [2.75, 3.05) is 0 Å². The molecule has 6 aromatic heterocycles. The van der Waals surface area contributed by atoms with Crippen molar-refractivity contribution in [3.8, 4) is 0 Å². The molecule has 0 bridgehead atoms. The van der Waals surface area contributed by atoms with E-state index in [9.17, 15) is 0 Å². The smallest absolute Gasteiger partial charge is 0.0742 e. The molecule has 0 atom stereocenters. The van der Waals surface area contributed by atoms with Gasteiger partial charge in [0.15, 0.2) is 0 Å². The second-order valence-electron chi connectivity index (χ2n) is 31.0. The number of rotatable bonds is 0. The predicted octanol–water partition coefficient (Wildman–Crippen LogP) is 26.4. The first-order valence-corrected chi connectivity index (χ1v) is 37.2. The zero-order valence-corrected chi connectivity index (χ0v) is 71.7. The van der Waals surface area contributed by atoms with E-state index in [0.717, 1.165) is 34.2 Å². The van der Waals surface area contributed by atoms with Gasteiger partial charge in [-0.05, 0) is 491 Å². The maximum atomic E-state index is 4.80. The second-order valence-corrected chi connectivity index (χ2v) is 31.0. The van der Waals surface area contributed by atoms with E-state index in [0.29, 0.717) is 0 Å². The van der Waals surface area contributed by atoms with Crippen LogP contribution in [-0.2, 0) is 0 Å². The number of pyridine rings is 6. The van der Waals surface area contributed by atoms with Crippen molar-refractivity contribution in [2.24, 2.45) is 0 Å². The van der Waals surface area contributed by atoms with Crippen molar-refractivity contribution in [3.05, 3.63) is 234 Å². The fourth-order valence-corrected chi connectivity index (χ4v) is 15.6. The lowest BCUT2D eigenvalue weighted by atomic mass is 9.90. The molecule has 0 unspecified atom stereocenters. The van der Waals surface area contributed by atoms with Crippen LogP contribution in [-0.4, -0.2) is 29.9 Å². The molecule has 12 aromatic rings. The van der Waals surface area contributed by atoms with Gasteiger partial charge in [-0.3, -0.25) is 29.9 Å². The predicted molar refractivity (Wildman–Crippen MR) is 449 cm³/mol. The van der Waals surface area contributed by atoms with Crippen LogP contribution < -0.4 is 0 Å². The Kier molecular flexibility index (Phi) is 24.3. The van der Waals surface area contributed by atoms with Crippen molar-refractivity contribution < 1.29 is 0 Å². The molecule has 0 aliphatic heterocycles. The zero-order valence-electron chi connectivity index (χ0n) is 71.7. The molecule has 6 aromatic carbocycles. The van der Waals surface area contributed by atoms with E-state index in [2.05, 4.69) is 291 Å². The highest BCUT2D eigenvalue weighted by atomic mass is 14.7. The van der Waals surface area contributed by atoms with Crippen LogP contribution in [0.25, 0.3) is 65.4 Å². The highest BCUT2D eigenvalue weighted by molar-refractivity contribution is 5.96. The Morgan fingerprint density at radius 1 is 0.0882 bits per heavy atom. The van der Waals surface area contributed by atoms with Gasteiger partial charge in [-0.2, -0.15) is 0 Å². The third kappa shape index (κ3) is 14.1. The monoisotopic (exact) mass is 1360 g/mol. The number of hydrogen-bond donors (Lipinski definition) is 0. The largest absolute Gasteiger partial charge is 0.253 e. The molecule has 12 rings (SSSR count). The third-order valence-electron chi connectivity index (χ3n) is 26.5. The maximum Gasteiger partial charge on any atom is 0.0742 e. The van der Waals surface area contributed by atoms with Crippen LogP contribution in [0.15, 0.2) is 0 Å². The zero-order chi connectivity index (χ0) is 77.4. The summed E-state index contributed by atoms with van der Waals surface area (Å²) < 4.78 is 0. The molecule has 0 saturated heterocycles. The standard InChI is InChI=1S/6C16H21N/c6*1-8-9(2)13(6)16-15(11(8)4)12(5)10(3)14(7)17-16/h6*1-7H3. The molecular formula is C96H126N6. The Labute approximate surface area is 616 Å². The first-order valence-electron chi connectivity index (χ1n) is 37.2. The Balaban J connectivity index is 0.000000172. The van der Waals surface area contributed by atoms with Crippen molar-refractivity contribution in [3.63, 3.8) is 0 Å². The molecule has 6 nitrogen and oxygen atoms in total. The van der Waals surface area contributed by atoms with Crippen molar-refractivity contribution in [2.45, 2.75) is 291 Å². The van der Waals surface area contributed by atoms with Crippen molar-refractivity contribution in [1.82, 2.24) is 29.9 Å². The molecule has 0 spiro atoms. The summed E-state index contributed by atoms with van der Waals surface area (Å²) in [4.78, 5) is 28.8. The third-order valence-corrected chi connectivity index (χ3v) is 26.5. The molecule has 6 heterocycles. The van der Waals surface area contributed by atoms with Gasteiger partial charge in [-0.1, -0.05) is 0 Å². The van der Waals surface area contributed by atoms with Crippen molar-refractivity contribution in [1.29, 1.82) is 0 Å². The highest BCUT2D eigenvalue weighted by Crippen LogP contribution is 2.39. The Hall–Kier alpha value is -8.22. The van der Waals surface area contributed by atoms with E-state index in [1.807, 2.05) is 0 Å². The van der Waals surface area contributed by atoms with Gasteiger partial charge in [0.2, 0.25) is 0 Å². The lowest BCUT2D eigenvalue weighted by Crippen LogP contribution is -2.01. The minimum atomic E-state index is 1.15. The summed E-state index contributed by atoms with van der Waals surface area (Å²) in [5.41, 5.74) is 63.3. The number of hydrogen-bond acceptors (Lipinski definition) is 6. The van der Waals surface area contributed by atoms with E-state index in [1.165, 1.54) is 266 Å². The average Bonchev–Trinajstić information content (AvgIpc) is 0.801. The molecular weight excluding hydrogens is 1240 g/mol. The number of fused-ring (bicyclic) bond motifs is 6. The van der Waals surface area contributed by atoms with Gasteiger partial charge in [0.05, 0.1) is 33.1 Å². The highest BCUT2D eigenvalue weighted by Gasteiger charge is 2.21. The topological polar surface area (TPSA) is 77.3 Å². The van der Waals surface area contributed by atoms with E-state index in [4.69, 9.17) is 29.9 Å². The summed E-state index contributed by atoms with van der Waals surface area (Å²) in [6.45, 7) is 91.8. The molecule has 0 aliphatic carbocycles. The molecule has 0 fully saturated rings. The van der Waals surface area contributed by atoms with Crippen LogP contribution in [0.3, 0.4) is 0 Å².